The van der Waals surface area contributed by atoms with Crippen LogP contribution in [0.3, 0.4) is 0 Å². The lowest BCUT2D eigenvalue weighted by Crippen LogP contribution is -2.19. The Morgan fingerprint density at radius 1 is 1.35 bits per heavy atom. The van der Waals surface area contributed by atoms with E-state index in [4.69, 9.17) is 4.98 Å². The van der Waals surface area contributed by atoms with Gasteiger partial charge in [0.25, 0.3) is 0 Å². The second-order valence-corrected chi connectivity index (χ2v) is 7.45. The molecule has 0 bridgehead atoms. The molecule has 0 amide bonds. The van der Waals surface area contributed by atoms with E-state index in [1.54, 1.807) is 23.5 Å². The fourth-order valence-electron chi connectivity index (χ4n) is 1.91. The molecule has 1 atom stereocenters. The Balaban J connectivity index is 2.42. The van der Waals surface area contributed by atoms with E-state index < -0.39 is 0 Å². The van der Waals surface area contributed by atoms with Gasteiger partial charge in [-0.1, -0.05) is 36.7 Å². The minimum Gasteiger partial charge on any atom is -0.307 e. The van der Waals surface area contributed by atoms with Crippen molar-refractivity contribution in [2.24, 2.45) is 0 Å². The van der Waals surface area contributed by atoms with Crippen LogP contribution in [0, 0.1) is 5.82 Å². The van der Waals surface area contributed by atoms with Crippen LogP contribution in [-0.2, 0) is 5.41 Å². The van der Waals surface area contributed by atoms with E-state index in [2.05, 4.69) is 47.4 Å². The van der Waals surface area contributed by atoms with Gasteiger partial charge in [-0.25, -0.2) is 9.37 Å². The smallest absolute Gasteiger partial charge is 0.123 e. The Morgan fingerprint density at radius 2 is 2.05 bits per heavy atom. The van der Waals surface area contributed by atoms with E-state index in [1.165, 1.54) is 6.07 Å². The third-order valence-electron chi connectivity index (χ3n) is 3.10. The molecule has 0 fully saturated rings. The van der Waals surface area contributed by atoms with E-state index in [9.17, 15) is 4.39 Å². The van der Waals surface area contributed by atoms with E-state index in [0.717, 1.165) is 20.7 Å². The summed E-state index contributed by atoms with van der Waals surface area (Å²) in [4.78, 5) is 4.71. The van der Waals surface area contributed by atoms with Crippen molar-refractivity contribution in [3.63, 3.8) is 0 Å². The summed E-state index contributed by atoms with van der Waals surface area (Å²) in [6.07, 6.45) is 0. The van der Waals surface area contributed by atoms with Crippen molar-refractivity contribution in [2.75, 3.05) is 7.05 Å². The summed E-state index contributed by atoms with van der Waals surface area (Å²) >= 11 is 5.09. The van der Waals surface area contributed by atoms with Crippen molar-refractivity contribution in [2.45, 2.75) is 32.2 Å². The first-order valence-corrected chi connectivity index (χ1v) is 8.08. The molecule has 0 saturated carbocycles. The first kappa shape index (κ1) is 15.6. The fourth-order valence-corrected chi connectivity index (χ4v) is 3.56. The van der Waals surface area contributed by atoms with Crippen LogP contribution >= 0.6 is 27.3 Å². The third kappa shape index (κ3) is 3.27. The van der Waals surface area contributed by atoms with Gasteiger partial charge in [0.2, 0.25) is 0 Å². The van der Waals surface area contributed by atoms with Crippen LogP contribution in [0.4, 0.5) is 4.39 Å². The van der Waals surface area contributed by atoms with Gasteiger partial charge in [-0.05, 0) is 30.8 Å². The lowest BCUT2D eigenvalue weighted by atomic mass is 9.93. The standard InChI is InChI=1S/C15H18BrFN2S/c1-15(2,3)12-8-20-14(19-12)13(18-4)10-7-9(17)5-6-11(10)16/h5-8,13,18H,1-4H3. The molecule has 20 heavy (non-hydrogen) atoms. The Morgan fingerprint density at radius 3 is 2.60 bits per heavy atom. The zero-order valence-corrected chi connectivity index (χ0v) is 14.4. The van der Waals surface area contributed by atoms with Gasteiger partial charge in [-0.15, -0.1) is 11.3 Å². The molecule has 1 heterocycles. The molecule has 0 aliphatic heterocycles. The Labute approximate surface area is 131 Å². The number of nitrogens with one attached hydrogen (secondary N) is 1. The fraction of sp³-hybridized carbons (Fsp3) is 0.400. The molecule has 2 nitrogen and oxygen atoms in total. The van der Waals surface area contributed by atoms with Gasteiger partial charge >= 0.3 is 0 Å². The van der Waals surface area contributed by atoms with Gasteiger partial charge in [0, 0.05) is 15.3 Å². The van der Waals surface area contributed by atoms with Gasteiger partial charge in [-0.3, -0.25) is 0 Å². The molecule has 0 spiro atoms. The van der Waals surface area contributed by atoms with Crippen LogP contribution in [0.15, 0.2) is 28.1 Å². The molecular weight excluding hydrogens is 339 g/mol. The maximum Gasteiger partial charge on any atom is 0.123 e. The van der Waals surface area contributed by atoms with Crippen LogP contribution in [0.2, 0.25) is 0 Å². The molecule has 1 unspecified atom stereocenters. The van der Waals surface area contributed by atoms with Crippen LogP contribution in [-0.4, -0.2) is 12.0 Å². The molecule has 2 rings (SSSR count). The number of hydrogen-bond donors (Lipinski definition) is 1. The van der Waals surface area contributed by atoms with Crippen molar-refractivity contribution in [3.05, 3.63) is 50.1 Å². The van der Waals surface area contributed by atoms with Crippen molar-refractivity contribution in [1.29, 1.82) is 0 Å². The molecule has 0 saturated heterocycles. The van der Waals surface area contributed by atoms with Crippen LogP contribution in [0.25, 0.3) is 0 Å². The largest absolute Gasteiger partial charge is 0.307 e. The molecule has 2 aromatic rings. The van der Waals surface area contributed by atoms with E-state index in [-0.39, 0.29) is 17.3 Å². The number of aromatic nitrogens is 1. The number of hydrogen-bond acceptors (Lipinski definition) is 3. The van der Waals surface area contributed by atoms with E-state index >= 15 is 0 Å². The van der Waals surface area contributed by atoms with E-state index in [0.29, 0.717) is 0 Å². The molecule has 0 aliphatic carbocycles. The average molecular weight is 357 g/mol. The molecule has 1 N–H and O–H groups in total. The molecule has 1 aromatic carbocycles. The van der Waals surface area contributed by atoms with E-state index in [1.807, 2.05) is 7.05 Å². The SMILES string of the molecule is CNC(c1nc(C(C)(C)C)cs1)c1cc(F)ccc1Br. The van der Waals surface area contributed by atoms with Gasteiger partial charge in [0.15, 0.2) is 0 Å². The predicted molar refractivity (Wildman–Crippen MR) is 85.8 cm³/mol. The van der Waals surface area contributed by atoms with Crippen LogP contribution < -0.4 is 5.32 Å². The van der Waals surface area contributed by atoms with Gasteiger partial charge in [0.05, 0.1) is 11.7 Å². The molecule has 0 aliphatic rings. The number of benzene rings is 1. The second-order valence-electron chi connectivity index (χ2n) is 5.71. The summed E-state index contributed by atoms with van der Waals surface area (Å²) < 4.78 is 14.4. The number of thiazole rings is 1. The van der Waals surface area contributed by atoms with Crippen molar-refractivity contribution in [3.8, 4) is 0 Å². The van der Waals surface area contributed by atoms with Crippen molar-refractivity contribution < 1.29 is 4.39 Å². The summed E-state index contributed by atoms with van der Waals surface area (Å²) in [5.41, 5.74) is 1.94. The molecule has 108 valence electrons. The zero-order valence-electron chi connectivity index (χ0n) is 12.0. The number of halogens is 2. The first-order valence-electron chi connectivity index (χ1n) is 6.41. The quantitative estimate of drug-likeness (QED) is 0.865. The van der Waals surface area contributed by atoms with Gasteiger partial charge in [-0.2, -0.15) is 0 Å². The summed E-state index contributed by atoms with van der Waals surface area (Å²) in [6, 6.07) is 4.61. The zero-order chi connectivity index (χ0) is 14.9. The van der Waals surface area contributed by atoms with Crippen molar-refractivity contribution in [1.82, 2.24) is 10.3 Å². The second kappa shape index (κ2) is 5.92. The first-order chi connectivity index (χ1) is 9.32. The van der Waals surface area contributed by atoms with Crippen molar-refractivity contribution >= 4 is 27.3 Å². The van der Waals surface area contributed by atoms with Crippen LogP contribution in [0.1, 0.15) is 43.1 Å². The maximum atomic E-state index is 13.5. The molecule has 1 aromatic heterocycles. The predicted octanol–water partition coefficient (Wildman–Crippen LogP) is 4.65. The Bertz CT molecular complexity index is 604. The third-order valence-corrected chi connectivity index (χ3v) is 4.73. The summed E-state index contributed by atoms with van der Waals surface area (Å²) in [5, 5.41) is 6.24. The summed E-state index contributed by atoms with van der Waals surface area (Å²) in [7, 11) is 1.86. The highest BCUT2D eigenvalue weighted by molar-refractivity contribution is 9.10. The Kier molecular flexibility index (Phi) is 4.62. The highest BCUT2D eigenvalue weighted by Gasteiger charge is 2.23. The van der Waals surface area contributed by atoms with Crippen LogP contribution in [0.5, 0.6) is 0 Å². The Hall–Kier alpha value is -0.780. The molecule has 0 radical (unpaired) electrons. The topological polar surface area (TPSA) is 24.9 Å². The molecule has 5 heteroatoms. The summed E-state index contributed by atoms with van der Waals surface area (Å²) in [6.45, 7) is 6.41. The molecular formula is C15H18BrFN2S. The lowest BCUT2D eigenvalue weighted by Gasteiger charge is -2.17. The minimum absolute atomic E-state index is 0.0201. The monoisotopic (exact) mass is 356 g/mol. The van der Waals surface area contributed by atoms with Gasteiger partial charge in [0.1, 0.15) is 10.8 Å². The minimum atomic E-state index is -0.240. The average Bonchev–Trinajstić information content (AvgIpc) is 2.84. The normalized spacial score (nSPS) is 13.5. The highest BCUT2D eigenvalue weighted by Crippen LogP contribution is 2.33. The lowest BCUT2D eigenvalue weighted by molar-refractivity contribution is 0.565. The highest BCUT2D eigenvalue weighted by atomic mass is 79.9. The number of rotatable bonds is 3. The number of nitrogens with zero attached hydrogens (tertiary/aromatic N) is 1. The maximum absolute atomic E-state index is 13.5. The summed E-state index contributed by atoms with van der Waals surface area (Å²) in [5.74, 6) is -0.240. The van der Waals surface area contributed by atoms with Gasteiger partial charge < -0.3 is 5.32 Å².